The van der Waals surface area contributed by atoms with Crippen LogP contribution in [-0.2, 0) is 14.3 Å². The van der Waals surface area contributed by atoms with Gasteiger partial charge in [-0.15, -0.1) is 0 Å². The summed E-state index contributed by atoms with van der Waals surface area (Å²) in [5.41, 5.74) is 0. The lowest BCUT2D eigenvalue weighted by Crippen LogP contribution is -2.60. The number of carbonyl (C=O) groups excluding carboxylic acids is 2. The Hall–Kier alpha value is -1.21. The van der Waals surface area contributed by atoms with Gasteiger partial charge in [0, 0.05) is 20.3 Å². The van der Waals surface area contributed by atoms with Crippen LogP contribution in [0.1, 0.15) is 13.3 Å². The molecule has 6 nitrogen and oxygen atoms in total. The van der Waals surface area contributed by atoms with Gasteiger partial charge in [-0.05, 0) is 25.6 Å². The molecule has 2 amide bonds. The second kappa shape index (κ2) is 6.51. The third kappa shape index (κ3) is 3.94. The first-order valence-electron chi connectivity index (χ1n) is 5.43. The Kier molecular flexibility index (Phi) is 5.30. The van der Waals surface area contributed by atoms with Gasteiger partial charge in [-0.25, -0.2) is 0 Å². The Balaban J connectivity index is 2.44. The van der Waals surface area contributed by atoms with Gasteiger partial charge in [0.15, 0.2) is 5.11 Å². The smallest absolute Gasteiger partial charge is 0.249 e. The number of imide groups is 1. The molecule has 7 heteroatoms. The minimum absolute atomic E-state index is 0.114. The van der Waals surface area contributed by atoms with Crippen molar-refractivity contribution in [1.29, 1.82) is 0 Å². The molecule has 1 aliphatic heterocycles. The minimum Gasteiger partial charge on any atom is -0.385 e. The number of nitrogens with one attached hydrogen (secondary N) is 2. The standard InChI is InChI=1S/C10H17N3O3S/c1-7-9(15)12-8(14)6-13(7)10(17)11-4-3-5-16-2/h7H,3-6H2,1-2H3,(H,11,17)(H,12,14,15). The zero-order chi connectivity index (χ0) is 12.8. The number of nitrogens with zero attached hydrogens (tertiary/aromatic N) is 1. The van der Waals surface area contributed by atoms with E-state index in [-0.39, 0.29) is 18.4 Å². The average molecular weight is 259 g/mol. The van der Waals surface area contributed by atoms with E-state index in [2.05, 4.69) is 10.6 Å². The summed E-state index contributed by atoms with van der Waals surface area (Å²) in [6.07, 6.45) is 0.818. The van der Waals surface area contributed by atoms with E-state index in [1.165, 1.54) is 0 Å². The molecular weight excluding hydrogens is 242 g/mol. The molecule has 0 saturated carbocycles. The fourth-order valence-electron chi connectivity index (χ4n) is 1.48. The molecule has 0 aromatic heterocycles. The molecule has 0 radical (unpaired) electrons. The van der Waals surface area contributed by atoms with E-state index in [9.17, 15) is 9.59 Å². The number of hydrogen-bond acceptors (Lipinski definition) is 4. The fourth-order valence-corrected chi connectivity index (χ4v) is 1.80. The molecule has 2 N–H and O–H groups in total. The van der Waals surface area contributed by atoms with E-state index in [4.69, 9.17) is 17.0 Å². The van der Waals surface area contributed by atoms with Crippen LogP contribution in [0.3, 0.4) is 0 Å². The summed E-state index contributed by atoms with van der Waals surface area (Å²) in [6, 6.07) is -0.421. The first-order chi connectivity index (χ1) is 8.06. The highest BCUT2D eigenvalue weighted by Crippen LogP contribution is 2.04. The fraction of sp³-hybridized carbons (Fsp3) is 0.700. The molecule has 1 unspecified atom stereocenters. The molecule has 1 saturated heterocycles. The Morgan fingerprint density at radius 1 is 1.65 bits per heavy atom. The zero-order valence-electron chi connectivity index (χ0n) is 9.99. The van der Waals surface area contributed by atoms with Crippen LogP contribution < -0.4 is 10.6 Å². The maximum atomic E-state index is 11.4. The van der Waals surface area contributed by atoms with Crippen molar-refractivity contribution in [3.63, 3.8) is 0 Å². The molecule has 0 bridgehead atoms. The molecule has 0 aliphatic carbocycles. The van der Waals surface area contributed by atoms with Gasteiger partial charge in [0.25, 0.3) is 0 Å². The van der Waals surface area contributed by atoms with Crippen LogP contribution in [0.5, 0.6) is 0 Å². The summed E-state index contributed by atoms with van der Waals surface area (Å²) in [5, 5.41) is 5.69. The van der Waals surface area contributed by atoms with E-state index in [0.717, 1.165) is 6.42 Å². The number of methoxy groups -OCH3 is 1. The van der Waals surface area contributed by atoms with Crippen LogP contribution in [0.4, 0.5) is 0 Å². The summed E-state index contributed by atoms with van der Waals surface area (Å²) in [4.78, 5) is 24.2. The van der Waals surface area contributed by atoms with Gasteiger partial charge >= 0.3 is 0 Å². The number of rotatable bonds is 4. The van der Waals surface area contributed by atoms with Crippen LogP contribution in [0.25, 0.3) is 0 Å². The lowest BCUT2D eigenvalue weighted by molar-refractivity contribution is -0.137. The predicted molar refractivity (Wildman–Crippen MR) is 66.4 cm³/mol. The van der Waals surface area contributed by atoms with Crippen molar-refractivity contribution in [2.75, 3.05) is 26.8 Å². The summed E-state index contributed by atoms with van der Waals surface area (Å²) >= 11 is 5.15. The van der Waals surface area contributed by atoms with Gasteiger partial charge in [-0.2, -0.15) is 0 Å². The van der Waals surface area contributed by atoms with Crippen molar-refractivity contribution in [3.05, 3.63) is 0 Å². The largest absolute Gasteiger partial charge is 0.385 e. The summed E-state index contributed by atoms with van der Waals surface area (Å²) in [5.74, 6) is -0.642. The summed E-state index contributed by atoms with van der Waals surface area (Å²) < 4.78 is 4.91. The van der Waals surface area contributed by atoms with Crippen LogP contribution in [-0.4, -0.2) is 54.7 Å². The van der Waals surface area contributed by atoms with Crippen LogP contribution in [0.15, 0.2) is 0 Å². The normalized spacial score (nSPS) is 20.1. The topological polar surface area (TPSA) is 70.7 Å². The highest BCUT2D eigenvalue weighted by atomic mass is 32.1. The van der Waals surface area contributed by atoms with Crippen molar-refractivity contribution < 1.29 is 14.3 Å². The third-order valence-corrected chi connectivity index (χ3v) is 2.86. The van der Waals surface area contributed by atoms with E-state index < -0.39 is 6.04 Å². The van der Waals surface area contributed by atoms with E-state index in [0.29, 0.717) is 18.3 Å². The number of piperazine rings is 1. The maximum absolute atomic E-state index is 11.4. The van der Waals surface area contributed by atoms with E-state index >= 15 is 0 Å². The van der Waals surface area contributed by atoms with E-state index in [1.54, 1.807) is 18.9 Å². The van der Waals surface area contributed by atoms with Gasteiger partial charge < -0.3 is 15.0 Å². The Labute approximate surface area is 106 Å². The summed E-state index contributed by atoms with van der Waals surface area (Å²) in [7, 11) is 1.63. The lowest BCUT2D eigenvalue weighted by atomic mass is 10.2. The monoisotopic (exact) mass is 259 g/mol. The molecule has 1 atom stereocenters. The number of ether oxygens (including phenoxy) is 1. The van der Waals surface area contributed by atoms with Gasteiger partial charge in [0.1, 0.15) is 12.6 Å². The molecule has 0 aromatic rings. The van der Waals surface area contributed by atoms with Crippen molar-refractivity contribution in [2.45, 2.75) is 19.4 Å². The molecule has 1 aliphatic rings. The quantitative estimate of drug-likeness (QED) is 0.393. The molecule has 1 heterocycles. The lowest BCUT2D eigenvalue weighted by Gasteiger charge is -2.33. The molecule has 1 rings (SSSR count). The molecule has 17 heavy (non-hydrogen) atoms. The number of hydrogen-bond donors (Lipinski definition) is 2. The molecule has 96 valence electrons. The molecule has 0 aromatic carbocycles. The number of carbonyl (C=O) groups is 2. The SMILES string of the molecule is COCCCNC(=S)N1CC(=O)NC(=O)C1C. The van der Waals surface area contributed by atoms with Gasteiger partial charge in [-0.1, -0.05) is 0 Å². The highest BCUT2D eigenvalue weighted by molar-refractivity contribution is 7.80. The van der Waals surface area contributed by atoms with Gasteiger partial charge in [-0.3, -0.25) is 14.9 Å². The van der Waals surface area contributed by atoms with Crippen LogP contribution in [0, 0.1) is 0 Å². The van der Waals surface area contributed by atoms with Crippen molar-refractivity contribution >= 4 is 29.1 Å². The Bertz CT molecular complexity index is 322. The number of amides is 2. The predicted octanol–water partition coefficient (Wildman–Crippen LogP) is -0.756. The Morgan fingerprint density at radius 2 is 2.35 bits per heavy atom. The molecule has 0 spiro atoms. The molecular formula is C10H17N3O3S. The zero-order valence-corrected chi connectivity index (χ0v) is 10.8. The number of thiocarbonyl (C=S) groups is 1. The first kappa shape index (κ1) is 13.9. The van der Waals surface area contributed by atoms with E-state index in [1.807, 2.05) is 0 Å². The Morgan fingerprint density at radius 3 is 3.00 bits per heavy atom. The van der Waals surface area contributed by atoms with Crippen molar-refractivity contribution in [1.82, 2.24) is 15.5 Å². The van der Waals surface area contributed by atoms with Crippen LogP contribution >= 0.6 is 12.2 Å². The van der Waals surface area contributed by atoms with Gasteiger partial charge in [0.2, 0.25) is 11.8 Å². The highest BCUT2D eigenvalue weighted by Gasteiger charge is 2.31. The summed E-state index contributed by atoms with van der Waals surface area (Å²) in [6.45, 7) is 3.13. The average Bonchev–Trinajstić information content (AvgIpc) is 2.29. The first-order valence-corrected chi connectivity index (χ1v) is 5.84. The maximum Gasteiger partial charge on any atom is 0.249 e. The van der Waals surface area contributed by atoms with Crippen molar-refractivity contribution in [3.8, 4) is 0 Å². The van der Waals surface area contributed by atoms with Crippen molar-refractivity contribution in [2.24, 2.45) is 0 Å². The van der Waals surface area contributed by atoms with Crippen LogP contribution in [0.2, 0.25) is 0 Å². The second-order valence-corrected chi connectivity index (χ2v) is 4.18. The molecule has 1 fully saturated rings. The second-order valence-electron chi connectivity index (χ2n) is 3.79. The van der Waals surface area contributed by atoms with Gasteiger partial charge in [0.05, 0.1) is 0 Å². The third-order valence-electron chi connectivity index (χ3n) is 2.49. The minimum atomic E-state index is -0.421.